The van der Waals surface area contributed by atoms with E-state index in [1.54, 1.807) is 11.3 Å². The molecule has 1 N–H and O–H groups in total. The van der Waals surface area contributed by atoms with Gasteiger partial charge in [0, 0.05) is 49.6 Å². The van der Waals surface area contributed by atoms with Gasteiger partial charge in [-0.1, -0.05) is 19.1 Å². The number of piperazine rings is 1. The van der Waals surface area contributed by atoms with Crippen molar-refractivity contribution in [1.29, 1.82) is 0 Å². The van der Waals surface area contributed by atoms with Crippen LogP contribution in [-0.4, -0.2) is 47.0 Å². The summed E-state index contributed by atoms with van der Waals surface area (Å²) < 4.78 is 0. The van der Waals surface area contributed by atoms with Crippen molar-refractivity contribution >= 4 is 33.1 Å². The fourth-order valence-electron chi connectivity index (χ4n) is 5.15. The van der Waals surface area contributed by atoms with Crippen LogP contribution in [0.1, 0.15) is 47.2 Å². The van der Waals surface area contributed by atoms with Crippen LogP contribution in [0.3, 0.4) is 0 Å². The van der Waals surface area contributed by atoms with Gasteiger partial charge in [0.1, 0.15) is 10.7 Å². The minimum Gasteiger partial charge on any atom is -0.368 e. The third-order valence-corrected chi connectivity index (χ3v) is 8.28. The van der Waals surface area contributed by atoms with Gasteiger partial charge in [0.2, 0.25) is 5.91 Å². The number of anilines is 1. The third kappa shape index (κ3) is 4.43. The number of aromatic nitrogens is 2. The Kier molecular flexibility index (Phi) is 5.99. The number of amides is 1. The first kappa shape index (κ1) is 22.1. The summed E-state index contributed by atoms with van der Waals surface area (Å²) in [6.45, 7) is 9.66. The van der Waals surface area contributed by atoms with Gasteiger partial charge in [-0.15, -0.1) is 11.3 Å². The van der Waals surface area contributed by atoms with Gasteiger partial charge in [-0.2, -0.15) is 0 Å². The molecule has 0 saturated carbocycles. The quantitative estimate of drug-likeness (QED) is 0.634. The van der Waals surface area contributed by atoms with E-state index in [0.29, 0.717) is 24.6 Å². The van der Waals surface area contributed by atoms with Gasteiger partial charge in [-0.05, 0) is 61.8 Å². The van der Waals surface area contributed by atoms with Gasteiger partial charge in [0.25, 0.3) is 5.56 Å². The SMILES string of the molecule is Cc1ccc(C)c(N2CCN(C(=O)CCc3nc4sc5c(c4c(=O)[nH]3)CC[C@@H](C)C5)CC2)c1. The molecule has 2 aliphatic rings. The van der Waals surface area contributed by atoms with E-state index >= 15 is 0 Å². The number of thiophene rings is 1. The summed E-state index contributed by atoms with van der Waals surface area (Å²) >= 11 is 1.66. The molecule has 3 aromatic rings. The van der Waals surface area contributed by atoms with E-state index in [-0.39, 0.29) is 11.5 Å². The lowest BCUT2D eigenvalue weighted by atomic mass is 9.89. The van der Waals surface area contributed by atoms with Crippen LogP contribution in [0.5, 0.6) is 0 Å². The Balaban J connectivity index is 1.22. The van der Waals surface area contributed by atoms with Crippen molar-refractivity contribution < 1.29 is 4.79 Å². The first-order valence-corrected chi connectivity index (χ1v) is 12.8. The van der Waals surface area contributed by atoms with Gasteiger partial charge in [-0.3, -0.25) is 9.59 Å². The van der Waals surface area contributed by atoms with Crippen molar-refractivity contribution in [3.8, 4) is 0 Å². The highest BCUT2D eigenvalue weighted by molar-refractivity contribution is 7.18. The molecule has 1 aliphatic heterocycles. The monoisotopic (exact) mass is 464 g/mol. The van der Waals surface area contributed by atoms with Crippen molar-refractivity contribution in [2.75, 3.05) is 31.1 Å². The number of carbonyl (C=O) groups is 1. The van der Waals surface area contributed by atoms with Crippen molar-refractivity contribution in [3.63, 3.8) is 0 Å². The molecule has 1 saturated heterocycles. The number of benzene rings is 1. The molecule has 1 aliphatic carbocycles. The number of rotatable bonds is 4. The van der Waals surface area contributed by atoms with Gasteiger partial charge >= 0.3 is 0 Å². The molecule has 0 bridgehead atoms. The summed E-state index contributed by atoms with van der Waals surface area (Å²) in [6, 6.07) is 6.53. The summed E-state index contributed by atoms with van der Waals surface area (Å²) in [4.78, 5) is 39.8. The molecule has 1 amide bonds. The molecule has 33 heavy (non-hydrogen) atoms. The highest BCUT2D eigenvalue weighted by Gasteiger charge is 2.24. The Morgan fingerprint density at radius 1 is 1.21 bits per heavy atom. The minimum absolute atomic E-state index is 0.0448. The molecule has 1 fully saturated rings. The number of nitrogens with one attached hydrogen (secondary N) is 1. The van der Waals surface area contributed by atoms with E-state index in [4.69, 9.17) is 4.98 Å². The second-order valence-electron chi connectivity index (χ2n) is 9.70. The number of nitrogens with zero attached hydrogens (tertiary/aromatic N) is 3. The van der Waals surface area contributed by atoms with Crippen LogP contribution < -0.4 is 10.5 Å². The lowest BCUT2D eigenvalue weighted by molar-refractivity contribution is -0.131. The minimum atomic E-state index is -0.0448. The molecular weight excluding hydrogens is 432 g/mol. The standard InChI is InChI=1S/C26H32N4O2S/c1-16-4-6-18(3)20(14-16)29-10-12-30(13-11-29)23(31)9-8-22-27-25(32)24-19-7-5-17(2)15-21(19)33-26(24)28-22/h4,6,14,17H,5,7-13,15H2,1-3H3,(H,27,28,32)/t17-/m1/s1. The molecule has 5 rings (SSSR count). The van der Waals surface area contributed by atoms with E-state index in [0.717, 1.165) is 55.7 Å². The third-order valence-electron chi connectivity index (χ3n) is 7.13. The Bertz CT molecular complexity index is 1250. The molecule has 2 aromatic heterocycles. The highest BCUT2D eigenvalue weighted by Crippen LogP contribution is 2.35. The Morgan fingerprint density at radius 2 is 2.00 bits per heavy atom. The molecule has 3 heterocycles. The number of fused-ring (bicyclic) bond motifs is 3. The maximum absolute atomic E-state index is 12.9. The van der Waals surface area contributed by atoms with Gasteiger partial charge in [-0.25, -0.2) is 4.98 Å². The Hall–Kier alpha value is -2.67. The average Bonchev–Trinajstić information content (AvgIpc) is 3.17. The molecule has 174 valence electrons. The predicted octanol–water partition coefficient (Wildman–Crippen LogP) is 4.01. The molecule has 0 unspecified atom stereocenters. The summed E-state index contributed by atoms with van der Waals surface area (Å²) in [5.74, 6) is 1.43. The van der Waals surface area contributed by atoms with E-state index in [9.17, 15) is 9.59 Å². The number of H-pyrrole nitrogens is 1. The zero-order chi connectivity index (χ0) is 23.1. The van der Waals surface area contributed by atoms with Crippen molar-refractivity contribution in [1.82, 2.24) is 14.9 Å². The van der Waals surface area contributed by atoms with Gasteiger partial charge < -0.3 is 14.8 Å². The van der Waals surface area contributed by atoms with Crippen molar-refractivity contribution in [2.45, 2.75) is 52.9 Å². The summed E-state index contributed by atoms with van der Waals surface area (Å²) in [5.41, 5.74) is 4.96. The lowest BCUT2D eigenvalue weighted by Crippen LogP contribution is -2.49. The van der Waals surface area contributed by atoms with Crippen LogP contribution in [0.25, 0.3) is 10.2 Å². The maximum atomic E-state index is 12.9. The number of aryl methyl sites for hydroxylation is 4. The second kappa shape index (κ2) is 8.93. The highest BCUT2D eigenvalue weighted by atomic mass is 32.1. The zero-order valence-electron chi connectivity index (χ0n) is 19.7. The Morgan fingerprint density at radius 3 is 2.79 bits per heavy atom. The molecule has 6 nitrogen and oxygen atoms in total. The van der Waals surface area contributed by atoms with E-state index in [1.165, 1.54) is 27.3 Å². The largest absolute Gasteiger partial charge is 0.368 e. The number of hydrogen-bond donors (Lipinski definition) is 1. The summed E-state index contributed by atoms with van der Waals surface area (Å²) in [7, 11) is 0. The number of carbonyl (C=O) groups excluding carboxylic acids is 1. The molecule has 0 spiro atoms. The molecule has 7 heteroatoms. The molecule has 1 atom stereocenters. The molecular formula is C26H32N4O2S. The van der Waals surface area contributed by atoms with Crippen molar-refractivity contribution in [2.24, 2.45) is 5.92 Å². The van der Waals surface area contributed by atoms with Crippen molar-refractivity contribution in [3.05, 3.63) is 55.9 Å². The van der Waals surface area contributed by atoms with E-state index in [2.05, 4.69) is 48.9 Å². The first-order chi connectivity index (χ1) is 15.9. The summed E-state index contributed by atoms with van der Waals surface area (Å²) in [5, 5.41) is 0.777. The predicted molar refractivity (Wildman–Crippen MR) is 134 cm³/mol. The average molecular weight is 465 g/mol. The van der Waals surface area contributed by atoms with Crippen LogP contribution in [0.15, 0.2) is 23.0 Å². The van der Waals surface area contributed by atoms with Crippen LogP contribution in [-0.2, 0) is 24.1 Å². The second-order valence-corrected chi connectivity index (χ2v) is 10.8. The molecule has 0 radical (unpaired) electrons. The van der Waals surface area contributed by atoms with Crippen LogP contribution in [0, 0.1) is 19.8 Å². The normalized spacial score (nSPS) is 18.6. The Labute approximate surface area is 198 Å². The lowest BCUT2D eigenvalue weighted by Gasteiger charge is -2.37. The smallest absolute Gasteiger partial charge is 0.259 e. The van der Waals surface area contributed by atoms with Gasteiger partial charge in [0.15, 0.2) is 0 Å². The zero-order valence-corrected chi connectivity index (χ0v) is 20.6. The first-order valence-electron chi connectivity index (χ1n) is 12.0. The van der Waals surface area contributed by atoms with Crippen LogP contribution in [0.4, 0.5) is 5.69 Å². The number of hydrogen-bond acceptors (Lipinski definition) is 5. The van der Waals surface area contributed by atoms with Gasteiger partial charge in [0.05, 0.1) is 5.39 Å². The fourth-order valence-corrected chi connectivity index (χ4v) is 6.55. The maximum Gasteiger partial charge on any atom is 0.259 e. The summed E-state index contributed by atoms with van der Waals surface area (Å²) in [6.07, 6.45) is 3.98. The fraction of sp³-hybridized carbons (Fsp3) is 0.500. The van der Waals surface area contributed by atoms with Crippen LogP contribution in [0.2, 0.25) is 0 Å². The van der Waals surface area contributed by atoms with E-state index < -0.39 is 0 Å². The number of aromatic amines is 1. The molecule has 1 aromatic carbocycles. The van der Waals surface area contributed by atoms with Crippen LogP contribution >= 0.6 is 11.3 Å². The van der Waals surface area contributed by atoms with E-state index in [1.807, 2.05) is 4.90 Å². The topological polar surface area (TPSA) is 69.3 Å².